The molecule has 12 heteroatoms. The lowest BCUT2D eigenvalue weighted by Crippen LogP contribution is -2.63. The van der Waals surface area contributed by atoms with Gasteiger partial charge in [0.2, 0.25) is 6.79 Å². The standard InChI is InChI=1S/C37H39NO11/c1-43-36-33-32(31(30(21-39)46-36)49-37(42)38-27-16-17-28-29(20-27)45-22-44-28)47-34(40)25(18-23-10-4-2-5-11-23)14-8-9-15-26(35(41)48-33)19-24-12-6-3-7-13-24/h2-13,16-17,20,25-26,30-33,36,39H,14-15,18-19,21-22H2,1H3,(H,38,42)/t25-,26-,30-,31-,32+,33-,36+/m1/s1. The number of hydrogen-bond acceptors (Lipinski definition) is 11. The number of fused-ring (bicyclic) bond motifs is 2. The van der Waals surface area contributed by atoms with Crippen molar-refractivity contribution in [2.45, 2.75) is 56.4 Å². The van der Waals surface area contributed by atoms with Gasteiger partial charge in [-0.25, -0.2) is 4.79 Å². The molecule has 1 saturated heterocycles. The van der Waals surface area contributed by atoms with Gasteiger partial charge in [0.1, 0.15) is 6.10 Å². The van der Waals surface area contributed by atoms with Crippen molar-refractivity contribution in [1.82, 2.24) is 0 Å². The number of aliphatic hydroxyl groups excluding tert-OH is 1. The Balaban J connectivity index is 1.31. The summed E-state index contributed by atoms with van der Waals surface area (Å²) < 4.78 is 40.3. The molecule has 0 spiro atoms. The summed E-state index contributed by atoms with van der Waals surface area (Å²) in [6.07, 6.45) is -2.28. The van der Waals surface area contributed by atoms with Crippen LogP contribution in [0.1, 0.15) is 24.0 Å². The maximum atomic E-state index is 14.0. The monoisotopic (exact) mass is 673 g/mol. The Labute approximate surface area is 283 Å². The second-order valence-corrected chi connectivity index (χ2v) is 12.0. The molecule has 0 saturated carbocycles. The average Bonchev–Trinajstić information content (AvgIpc) is 3.59. The molecular formula is C37H39NO11. The maximum absolute atomic E-state index is 14.0. The number of amides is 1. The molecule has 1 fully saturated rings. The normalized spacial score (nSPS) is 26.7. The van der Waals surface area contributed by atoms with Gasteiger partial charge in [0, 0.05) is 18.9 Å². The predicted molar refractivity (Wildman–Crippen MR) is 175 cm³/mol. The Morgan fingerprint density at radius 1 is 0.816 bits per heavy atom. The van der Waals surface area contributed by atoms with Crippen LogP contribution in [0.2, 0.25) is 0 Å². The molecule has 6 rings (SSSR count). The lowest BCUT2D eigenvalue weighted by molar-refractivity contribution is -0.300. The van der Waals surface area contributed by atoms with E-state index in [1.165, 1.54) is 7.11 Å². The number of methoxy groups -OCH3 is 1. The molecule has 3 aromatic carbocycles. The highest BCUT2D eigenvalue weighted by atomic mass is 16.7. The van der Waals surface area contributed by atoms with Crippen LogP contribution in [0.25, 0.3) is 0 Å². The summed E-state index contributed by atoms with van der Waals surface area (Å²) >= 11 is 0. The number of benzene rings is 3. The summed E-state index contributed by atoms with van der Waals surface area (Å²) in [6, 6.07) is 23.9. The van der Waals surface area contributed by atoms with Crippen LogP contribution in [0, 0.1) is 11.8 Å². The van der Waals surface area contributed by atoms with Crippen molar-refractivity contribution in [1.29, 1.82) is 0 Å². The zero-order valence-electron chi connectivity index (χ0n) is 27.0. The number of anilines is 1. The summed E-state index contributed by atoms with van der Waals surface area (Å²) in [5.74, 6) is -1.42. The van der Waals surface area contributed by atoms with E-state index in [4.69, 9.17) is 33.2 Å². The van der Waals surface area contributed by atoms with E-state index in [1.54, 1.807) is 18.2 Å². The van der Waals surface area contributed by atoms with Gasteiger partial charge in [-0.15, -0.1) is 0 Å². The fourth-order valence-electron chi connectivity index (χ4n) is 6.17. The summed E-state index contributed by atoms with van der Waals surface area (Å²) in [7, 11) is 1.35. The van der Waals surface area contributed by atoms with Crippen molar-refractivity contribution in [3.05, 3.63) is 102 Å². The highest BCUT2D eigenvalue weighted by molar-refractivity contribution is 5.85. The lowest BCUT2D eigenvalue weighted by atomic mass is 9.92. The first-order valence-electron chi connectivity index (χ1n) is 16.2. The number of carbonyl (C=O) groups excluding carboxylic acids is 3. The van der Waals surface area contributed by atoms with Crippen molar-refractivity contribution in [3.63, 3.8) is 0 Å². The number of ether oxygens (including phenoxy) is 7. The van der Waals surface area contributed by atoms with Crippen LogP contribution in [0.15, 0.2) is 91.0 Å². The Morgan fingerprint density at radius 3 is 2.00 bits per heavy atom. The van der Waals surface area contributed by atoms with E-state index in [0.29, 0.717) is 42.9 Å². The first-order valence-corrected chi connectivity index (χ1v) is 16.2. The first-order chi connectivity index (χ1) is 23.9. The zero-order chi connectivity index (χ0) is 34.2. The van der Waals surface area contributed by atoms with E-state index in [-0.39, 0.29) is 6.79 Å². The van der Waals surface area contributed by atoms with Crippen LogP contribution >= 0.6 is 0 Å². The number of esters is 2. The third kappa shape index (κ3) is 8.40. The first kappa shape index (κ1) is 34.0. The highest BCUT2D eigenvalue weighted by Gasteiger charge is 2.53. The molecule has 0 radical (unpaired) electrons. The van der Waals surface area contributed by atoms with Gasteiger partial charge in [0.05, 0.1) is 18.4 Å². The number of nitrogens with one attached hydrogen (secondary N) is 1. The van der Waals surface area contributed by atoms with Gasteiger partial charge in [0.15, 0.2) is 36.1 Å². The van der Waals surface area contributed by atoms with Crippen molar-refractivity contribution in [3.8, 4) is 11.5 Å². The molecule has 0 aliphatic carbocycles. The van der Waals surface area contributed by atoms with Crippen LogP contribution < -0.4 is 14.8 Å². The van der Waals surface area contributed by atoms with Crippen LogP contribution in [-0.2, 0) is 46.1 Å². The second kappa shape index (κ2) is 16.0. The quantitative estimate of drug-likeness (QED) is 0.197. The van der Waals surface area contributed by atoms with Gasteiger partial charge in [-0.3, -0.25) is 14.9 Å². The molecule has 7 atom stereocenters. The topological polar surface area (TPSA) is 148 Å². The summed E-state index contributed by atoms with van der Waals surface area (Å²) in [4.78, 5) is 41.1. The Kier molecular flexibility index (Phi) is 11.1. The van der Waals surface area contributed by atoms with Crippen molar-refractivity contribution in [2.24, 2.45) is 11.8 Å². The van der Waals surface area contributed by atoms with Gasteiger partial charge >= 0.3 is 18.0 Å². The van der Waals surface area contributed by atoms with Gasteiger partial charge in [0.25, 0.3) is 0 Å². The maximum Gasteiger partial charge on any atom is 0.412 e. The fraction of sp³-hybridized carbons (Fsp3) is 0.378. The molecule has 3 aromatic rings. The number of rotatable bonds is 8. The molecular weight excluding hydrogens is 634 g/mol. The largest absolute Gasteiger partial charge is 0.454 e. The number of carbonyl (C=O) groups is 3. The average molecular weight is 674 g/mol. The molecule has 0 unspecified atom stereocenters. The Bertz CT molecular complexity index is 1620. The smallest absolute Gasteiger partial charge is 0.412 e. The van der Waals surface area contributed by atoms with Crippen molar-refractivity contribution in [2.75, 3.05) is 25.8 Å². The predicted octanol–water partition coefficient (Wildman–Crippen LogP) is 4.59. The number of hydrogen-bond donors (Lipinski definition) is 2. The molecule has 3 aliphatic rings. The molecule has 49 heavy (non-hydrogen) atoms. The van der Waals surface area contributed by atoms with Crippen LogP contribution in [-0.4, -0.2) is 74.4 Å². The lowest BCUT2D eigenvalue weighted by Gasteiger charge is -2.44. The number of allylic oxidation sites excluding steroid dienone is 2. The molecule has 2 N–H and O–H groups in total. The van der Waals surface area contributed by atoms with E-state index in [0.717, 1.165) is 11.1 Å². The molecule has 0 aromatic heterocycles. The zero-order valence-corrected chi connectivity index (χ0v) is 27.0. The molecule has 0 bridgehead atoms. The SMILES string of the molecule is CO[C@H]1O[C@H](CO)[C@@H](OC(=O)Nc2ccc3c(c2)OCO3)[C@@H]2OC(=O)[C@@H](Cc3ccccc3)CC=CC[C@H](Cc3ccccc3)C(=O)O[C@@H]12. The molecule has 12 nitrogen and oxygen atoms in total. The minimum Gasteiger partial charge on any atom is -0.454 e. The van der Waals surface area contributed by atoms with Crippen LogP contribution in [0.4, 0.5) is 10.5 Å². The van der Waals surface area contributed by atoms with Gasteiger partial charge in [-0.05, 0) is 48.9 Å². The Hall–Kier alpha value is -4.91. The van der Waals surface area contributed by atoms with E-state index < -0.39 is 67.2 Å². The van der Waals surface area contributed by atoms with Gasteiger partial charge in [-0.1, -0.05) is 72.8 Å². The summed E-state index contributed by atoms with van der Waals surface area (Å²) in [6.45, 7) is -0.564. The molecule has 3 heterocycles. The molecule has 3 aliphatic heterocycles. The van der Waals surface area contributed by atoms with Crippen LogP contribution in [0.5, 0.6) is 11.5 Å². The van der Waals surface area contributed by atoms with E-state index >= 15 is 0 Å². The van der Waals surface area contributed by atoms with Gasteiger partial charge in [-0.2, -0.15) is 0 Å². The summed E-state index contributed by atoms with van der Waals surface area (Å²) in [5, 5.41) is 13.0. The third-order valence-electron chi connectivity index (χ3n) is 8.69. The second-order valence-electron chi connectivity index (χ2n) is 12.0. The third-order valence-corrected chi connectivity index (χ3v) is 8.69. The minimum absolute atomic E-state index is 0.0575. The van der Waals surface area contributed by atoms with Crippen molar-refractivity contribution < 1.29 is 52.6 Å². The number of aliphatic hydroxyl groups is 1. The highest BCUT2D eigenvalue weighted by Crippen LogP contribution is 2.35. The fourth-order valence-corrected chi connectivity index (χ4v) is 6.17. The van der Waals surface area contributed by atoms with E-state index in [1.807, 2.05) is 72.8 Å². The minimum atomic E-state index is -1.39. The Morgan fingerprint density at radius 2 is 1.41 bits per heavy atom. The van der Waals surface area contributed by atoms with Crippen LogP contribution in [0.3, 0.4) is 0 Å². The van der Waals surface area contributed by atoms with Gasteiger partial charge < -0.3 is 38.3 Å². The molecule has 258 valence electrons. The molecule has 1 amide bonds. The van der Waals surface area contributed by atoms with E-state index in [9.17, 15) is 19.5 Å². The van der Waals surface area contributed by atoms with E-state index in [2.05, 4.69) is 5.32 Å². The summed E-state index contributed by atoms with van der Waals surface area (Å²) in [5.41, 5.74) is 2.22. The van der Waals surface area contributed by atoms with Crippen molar-refractivity contribution >= 4 is 23.7 Å².